The normalized spacial score (nSPS) is 14.7. The van der Waals surface area contributed by atoms with Gasteiger partial charge in [-0.1, -0.05) is 6.07 Å². The Morgan fingerprint density at radius 3 is 2.74 bits per heavy atom. The van der Waals surface area contributed by atoms with Gasteiger partial charge in [0.15, 0.2) is 0 Å². The number of para-hydroxylation sites is 1. The number of halogens is 1. The lowest BCUT2D eigenvalue weighted by Gasteiger charge is -2.31. The molecule has 1 aromatic rings. The summed E-state index contributed by atoms with van der Waals surface area (Å²) >= 11 is 0. The van der Waals surface area contributed by atoms with Crippen LogP contribution < -0.4 is 10.2 Å². The smallest absolute Gasteiger partial charge is 0.415 e. The van der Waals surface area contributed by atoms with E-state index in [9.17, 15) is 14.0 Å². The average molecular weight is 266 g/mol. The zero-order valence-corrected chi connectivity index (χ0v) is 11.0. The third kappa shape index (κ3) is 2.83. The van der Waals surface area contributed by atoms with Crippen molar-refractivity contribution in [2.24, 2.45) is 0 Å². The Bertz CT molecular complexity index is 537. The number of hydrogen-bond donors (Lipinski definition) is 1. The molecule has 0 radical (unpaired) electrons. The van der Waals surface area contributed by atoms with E-state index in [0.717, 1.165) is 4.90 Å². The molecule has 0 unspecified atom stereocenters. The molecule has 102 valence electrons. The molecule has 1 aliphatic heterocycles. The first-order valence-electron chi connectivity index (χ1n) is 5.87. The van der Waals surface area contributed by atoms with Crippen LogP contribution in [0.3, 0.4) is 0 Å². The van der Waals surface area contributed by atoms with Crippen molar-refractivity contribution in [2.45, 2.75) is 26.4 Å². The molecule has 0 aliphatic carbocycles. The second kappa shape index (κ2) is 4.53. The standard InChI is InChI=1S/C13H15FN2O3/c1-13(2,3)19-12(18)16-7-10(17)15-9-6-4-5-8(14)11(9)16/h4-6H,7H2,1-3H3,(H,15,17). The fourth-order valence-electron chi connectivity index (χ4n) is 1.78. The van der Waals surface area contributed by atoms with E-state index in [1.54, 1.807) is 20.8 Å². The van der Waals surface area contributed by atoms with Crippen LogP contribution in [0.15, 0.2) is 18.2 Å². The van der Waals surface area contributed by atoms with Crippen LogP contribution in [0.4, 0.5) is 20.6 Å². The van der Waals surface area contributed by atoms with E-state index in [1.807, 2.05) is 0 Å². The second-order valence-corrected chi connectivity index (χ2v) is 5.25. The summed E-state index contributed by atoms with van der Waals surface area (Å²) in [4.78, 5) is 24.6. The third-order valence-electron chi connectivity index (χ3n) is 2.45. The van der Waals surface area contributed by atoms with Gasteiger partial charge in [0.25, 0.3) is 0 Å². The molecule has 2 amide bonds. The van der Waals surface area contributed by atoms with Gasteiger partial charge < -0.3 is 10.1 Å². The van der Waals surface area contributed by atoms with Gasteiger partial charge >= 0.3 is 6.09 Å². The van der Waals surface area contributed by atoms with E-state index in [1.165, 1.54) is 18.2 Å². The Labute approximate surface area is 110 Å². The van der Waals surface area contributed by atoms with Crippen LogP contribution in [0.25, 0.3) is 0 Å². The van der Waals surface area contributed by atoms with Crippen molar-refractivity contribution in [3.63, 3.8) is 0 Å². The minimum atomic E-state index is -0.742. The van der Waals surface area contributed by atoms with Gasteiger partial charge in [-0.3, -0.25) is 9.69 Å². The van der Waals surface area contributed by atoms with Gasteiger partial charge in [-0.2, -0.15) is 0 Å². The van der Waals surface area contributed by atoms with Gasteiger partial charge in [-0.05, 0) is 32.9 Å². The summed E-state index contributed by atoms with van der Waals surface area (Å²) in [6.07, 6.45) is -0.742. The molecule has 0 bridgehead atoms. The fourth-order valence-corrected chi connectivity index (χ4v) is 1.78. The molecule has 0 aromatic heterocycles. The maximum absolute atomic E-state index is 13.8. The first-order chi connectivity index (χ1) is 8.78. The van der Waals surface area contributed by atoms with Crippen molar-refractivity contribution in [3.05, 3.63) is 24.0 Å². The molecule has 1 N–H and O–H groups in total. The predicted molar refractivity (Wildman–Crippen MR) is 68.6 cm³/mol. The highest BCUT2D eigenvalue weighted by Gasteiger charge is 2.32. The maximum Gasteiger partial charge on any atom is 0.415 e. The second-order valence-electron chi connectivity index (χ2n) is 5.25. The maximum atomic E-state index is 13.8. The molecule has 0 atom stereocenters. The quantitative estimate of drug-likeness (QED) is 0.785. The Morgan fingerprint density at radius 1 is 1.42 bits per heavy atom. The van der Waals surface area contributed by atoms with E-state index in [0.29, 0.717) is 0 Å². The lowest BCUT2D eigenvalue weighted by Crippen LogP contribution is -2.45. The number of anilines is 2. The summed E-state index contributed by atoms with van der Waals surface area (Å²) in [5.41, 5.74) is -0.408. The van der Waals surface area contributed by atoms with Crippen molar-refractivity contribution in [3.8, 4) is 0 Å². The highest BCUT2D eigenvalue weighted by atomic mass is 19.1. The molecule has 19 heavy (non-hydrogen) atoms. The molecular formula is C13H15FN2O3. The van der Waals surface area contributed by atoms with Crippen molar-refractivity contribution < 1.29 is 18.7 Å². The Balaban J connectivity index is 2.38. The van der Waals surface area contributed by atoms with E-state index in [4.69, 9.17) is 4.74 Å². The Morgan fingerprint density at radius 2 is 2.11 bits per heavy atom. The summed E-state index contributed by atoms with van der Waals surface area (Å²) < 4.78 is 19.0. The number of nitrogens with zero attached hydrogens (tertiary/aromatic N) is 1. The number of carbonyl (C=O) groups is 2. The van der Waals surface area contributed by atoms with Crippen molar-refractivity contribution in [2.75, 3.05) is 16.8 Å². The average Bonchev–Trinajstić information content (AvgIpc) is 2.25. The summed E-state index contributed by atoms with van der Waals surface area (Å²) in [6, 6.07) is 4.23. The van der Waals surface area contributed by atoms with E-state index < -0.39 is 17.5 Å². The Hall–Kier alpha value is -2.11. The molecule has 6 heteroatoms. The molecule has 1 aliphatic rings. The largest absolute Gasteiger partial charge is 0.443 e. The molecule has 0 spiro atoms. The lowest BCUT2D eigenvalue weighted by molar-refractivity contribution is -0.115. The number of nitrogens with one attached hydrogen (secondary N) is 1. The molecule has 1 heterocycles. The van der Waals surface area contributed by atoms with Gasteiger partial charge in [-0.15, -0.1) is 0 Å². The van der Waals surface area contributed by atoms with Crippen LogP contribution in [0.2, 0.25) is 0 Å². The molecule has 0 saturated carbocycles. The topological polar surface area (TPSA) is 58.6 Å². The molecule has 1 aromatic carbocycles. The Kier molecular flexibility index (Phi) is 3.18. The minimum absolute atomic E-state index is 0.0383. The highest BCUT2D eigenvalue weighted by Crippen LogP contribution is 2.32. The van der Waals surface area contributed by atoms with Gasteiger partial charge in [0, 0.05) is 0 Å². The van der Waals surface area contributed by atoms with Crippen LogP contribution in [0.1, 0.15) is 20.8 Å². The van der Waals surface area contributed by atoms with E-state index >= 15 is 0 Å². The van der Waals surface area contributed by atoms with Crippen LogP contribution in [-0.2, 0) is 9.53 Å². The molecule has 0 saturated heterocycles. The van der Waals surface area contributed by atoms with Crippen LogP contribution in [0, 0.1) is 5.82 Å². The summed E-state index contributed by atoms with van der Waals surface area (Å²) in [7, 11) is 0. The predicted octanol–water partition coefficient (Wildman–Crippen LogP) is 2.52. The summed E-state index contributed by atoms with van der Waals surface area (Å²) in [6.45, 7) is 4.86. The first kappa shape index (κ1) is 13.3. The van der Waals surface area contributed by atoms with Crippen molar-refractivity contribution in [1.29, 1.82) is 0 Å². The van der Waals surface area contributed by atoms with Gasteiger partial charge in [0.1, 0.15) is 23.7 Å². The third-order valence-corrected chi connectivity index (χ3v) is 2.45. The van der Waals surface area contributed by atoms with Crippen LogP contribution in [-0.4, -0.2) is 24.1 Å². The molecule has 5 nitrogen and oxygen atoms in total. The number of rotatable bonds is 0. The van der Waals surface area contributed by atoms with Crippen molar-refractivity contribution in [1.82, 2.24) is 0 Å². The number of amides is 2. The fraction of sp³-hybridized carbons (Fsp3) is 0.385. The lowest BCUT2D eigenvalue weighted by atomic mass is 10.2. The zero-order chi connectivity index (χ0) is 14.2. The van der Waals surface area contributed by atoms with Gasteiger partial charge in [-0.25, -0.2) is 9.18 Å². The first-order valence-corrected chi connectivity index (χ1v) is 5.87. The minimum Gasteiger partial charge on any atom is -0.443 e. The number of ether oxygens (including phenoxy) is 1. The van der Waals surface area contributed by atoms with Gasteiger partial charge in [0.2, 0.25) is 5.91 Å². The van der Waals surface area contributed by atoms with Crippen molar-refractivity contribution >= 4 is 23.4 Å². The summed E-state index contributed by atoms with van der Waals surface area (Å²) in [5, 5.41) is 2.52. The van der Waals surface area contributed by atoms with E-state index in [2.05, 4.69) is 5.32 Å². The molecule has 0 fully saturated rings. The molecule has 2 rings (SSSR count). The number of fused-ring (bicyclic) bond motifs is 1. The highest BCUT2D eigenvalue weighted by molar-refractivity contribution is 6.08. The van der Waals surface area contributed by atoms with Crippen LogP contribution in [0.5, 0.6) is 0 Å². The summed E-state index contributed by atoms with van der Waals surface area (Å²) in [5.74, 6) is -0.965. The number of hydrogen-bond acceptors (Lipinski definition) is 3. The number of carbonyl (C=O) groups excluding carboxylic acids is 2. The molecular weight excluding hydrogens is 251 g/mol. The number of benzene rings is 1. The monoisotopic (exact) mass is 266 g/mol. The van der Waals surface area contributed by atoms with Gasteiger partial charge in [0.05, 0.1) is 5.69 Å². The zero-order valence-electron chi connectivity index (χ0n) is 11.0. The van der Waals surface area contributed by atoms with E-state index in [-0.39, 0.29) is 23.8 Å². The SMILES string of the molecule is CC(C)(C)OC(=O)N1CC(=O)Nc2cccc(F)c21. The van der Waals surface area contributed by atoms with Crippen LogP contribution >= 0.6 is 0 Å².